The molecule has 1 fully saturated rings. The largest absolute Gasteiger partial charge is 0.344 e. The van der Waals surface area contributed by atoms with E-state index in [4.69, 9.17) is 0 Å². The maximum Gasteiger partial charge on any atom is 0.246 e. The van der Waals surface area contributed by atoms with Gasteiger partial charge in [0.2, 0.25) is 5.91 Å². The van der Waals surface area contributed by atoms with E-state index in [0.717, 1.165) is 49.4 Å². The predicted octanol–water partition coefficient (Wildman–Crippen LogP) is 3.92. The Balaban J connectivity index is 1.23. The van der Waals surface area contributed by atoms with Crippen molar-refractivity contribution in [3.05, 3.63) is 77.9 Å². The summed E-state index contributed by atoms with van der Waals surface area (Å²) in [5, 5.41) is 3.22. The van der Waals surface area contributed by atoms with E-state index in [1.165, 1.54) is 16.7 Å². The second kappa shape index (κ2) is 7.32. The molecule has 0 saturated carbocycles. The number of allylic oxidation sites excluding steroid dienone is 2. The van der Waals surface area contributed by atoms with Crippen LogP contribution in [0.15, 0.2) is 61.2 Å². The molecular formula is C24H24N4O. The molecule has 2 aromatic rings. The number of fused-ring (bicyclic) bond motifs is 2. The molecule has 2 aliphatic heterocycles. The molecule has 2 aromatic heterocycles. The van der Waals surface area contributed by atoms with Crippen molar-refractivity contribution in [3.8, 4) is 0 Å². The van der Waals surface area contributed by atoms with Gasteiger partial charge in [0.15, 0.2) is 0 Å². The van der Waals surface area contributed by atoms with Gasteiger partial charge in [-0.2, -0.15) is 0 Å². The Morgan fingerprint density at radius 2 is 2.10 bits per heavy atom. The van der Waals surface area contributed by atoms with Crippen LogP contribution in [0.1, 0.15) is 29.5 Å². The summed E-state index contributed by atoms with van der Waals surface area (Å²) in [5.41, 5.74) is 5.79. The minimum absolute atomic E-state index is 0.0856. The topological polar surface area (TPSA) is 58.1 Å². The number of amides is 1. The summed E-state index contributed by atoms with van der Waals surface area (Å²) in [4.78, 5) is 23.2. The third-order valence-corrected chi connectivity index (χ3v) is 6.15. The SMILES string of the molecule is C=C1CCc2cc(/C=C/C(=O)N3C[C@@H]4CC(c5ccncc5)=C[C@@H]4C3)cnc2N1. The number of aromatic nitrogens is 2. The number of pyridine rings is 2. The highest BCUT2D eigenvalue weighted by molar-refractivity contribution is 5.92. The van der Waals surface area contributed by atoms with Crippen LogP contribution in [0.4, 0.5) is 5.82 Å². The quantitative estimate of drug-likeness (QED) is 0.815. The number of nitrogens with zero attached hydrogens (tertiary/aromatic N) is 3. The number of rotatable bonds is 3. The molecule has 3 aliphatic rings. The van der Waals surface area contributed by atoms with Crippen molar-refractivity contribution < 1.29 is 4.79 Å². The van der Waals surface area contributed by atoms with Crippen LogP contribution in [0.3, 0.4) is 0 Å². The Morgan fingerprint density at radius 3 is 2.93 bits per heavy atom. The maximum atomic E-state index is 12.7. The van der Waals surface area contributed by atoms with Gasteiger partial charge in [-0.15, -0.1) is 0 Å². The van der Waals surface area contributed by atoms with E-state index in [-0.39, 0.29) is 5.91 Å². The van der Waals surface area contributed by atoms with Crippen LogP contribution >= 0.6 is 0 Å². The number of aryl methyl sites for hydroxylation is 1. The number of hydrogen-bond acceptors (Lipinski definition) is 4. The molecule has 0 radical (unpaired) electrons. The lowest BCUT2D eigenvalue weighted by molar-refractivity contribution is -0.125. The average molecular weight is 384 g/mol. The first-order valence-corrected chi connectivity index (χ1v) is 10.2. The third-order valence-electron chi connectivity index (χ3n) is 6.15. The Kier molecular flexibility index (Phi) is 4.51. The summed E-state index contributed by atoms with van der Waals surface area (Å²) >= 11 is 0. The van der Waals surface area contributed by atoms with Gasteiger partial charge in [0.1, 0.15) is 5.82 Å². The highest BCUT2D eigenvalue weighted by atomic mass is 16.2. The van der Waals surface area contributed by atoms with Crippen LogP contribution in [0, 0.1) is 11.8 Å². The molecule has 1 amide bonds. The van der Waals surface area contributed by atoms with Crippen molar-refractivity contribution in [2.45, 2.75) is 19.3 Å². The molecule has 4 heterocycles. The summed E-state index contributed by atoms with van der Waals surface area (Å²) in [6.07, 6.45) is 14.3. The van der Waals surface area contributed by atoms with Crippen LogP contribution in [-0.4, -0.2) is 33.9 Å². The molecule has 1 saturated heterocycles. The second-order valence-electron chi connectivity index (χ2n) is 8.14. The summed E-state index contributed by atoms with van der Waals surface area (Å²) in [6.45, 7) is 5.59. The highest BCUT2D eigenvalue weighted by Gasteiger charge is 2.37. The van der Waals surface area contributed by atoms with Gasteiger partial charge < -0.3 is 10.2 Å². The summed E-state index contributed by atoms with van der Waals surface area (Å²) in [6, 6.07) is 6.24. The van der Waals surface area contributed by atoms with Crippen LogP contribution in [0.25, 0.3) is 11.6 Å². The Hall–Kier alpha value is -3.21. The molecule has 29 heavy (non-hydrogen) atoms. The summed E-state index contributed by atoms with van der Waals surface area (Å²) < 4.78 is 0. The lowest BCUT2D eigenvalue weighted by Crippen LogP contribution is -2.27. The van der Waals surface area contributed by atoms with Crippen molar-refractivity contribution in [2.24, 2.45) is 11.8 Å². The van der Waals surface area contributed by atoms with Crippen molar-refractivity contribution in [2.75, 3.05) is 18.4 Å². The first kappa shape index (κ1) is 17.9. The maximum absolute atomic E-state index is 12.7. The zero-order valence-corrected chi connectivity index (χ0v) is 16.3. The van der Waals surface area contributed by atoms with E-state index in [2.05, 4.69) is 46.1 Å². The molecule has 0 bridgehead atoms. The second-order valence-corrected chi connectivity index (χ2v) is 8.14. The van der Waals surface area contributed by atoms with E-state index in [9.17, 15) is 4.79 Å². The van der Waals surface area contributed by atoms with Gasteiger partial charge in [-0.25, -0.2) is 4.98 Å². The number of nitrogens with one attached hydrogen (secondary N) is 1. The lowest BCUT2D eigenvalue weighted by atomic mass is 9.99. The first-order valence-electron chi connectivity index (χ1n) is 10.2. The zero-order valence-electron chi connectivity index (χ0n) is 16.3. The number of hydrogen-bond donors (Lipinski definition) is 1. The lowest BCUT2D eigenvalue weighted by Gasteiger charge is -2.19. The molecule has 0 unspecified atom stereocenters. The van der Waals surface area contributed by atoms with Gasteiger partial charge in [0.05, 0.1) is 0 Å². The van der Waals surface area contributed by atoms with Gasteiger partial charge in [-0.05, 0) is 77.6 Å². The molecule has 0 aromatic carbocycles. The van der Waals surface area contributed by atoms with Crippen molar-refractivity contribution >= 4 is 23.4 Å². The van der Waals surface area contributed by atoms with E-state index in [1.54, 1.807) is 12.3 Å². The van der Waals surface area contributed by atoms with Crippen molar-refractivity contribution in [1.82, 2.24) is 14.9 Å². The van der Waals surface area contributed by atoms with Crippen molar-refractivity contribution in [1.29, 1.82) is 0 Å². The molecule has 5 nitrogen and oxygen atoms in total. The third kappa shape index (κ3) is 3.60. The molecule has 146 valence electrons. The van der Waals surface area contributed by atoms with Gasteiger partial charge in [-0.1, -0.05) is 12.7 Å². The first-order chi connectivity index (χ1) is 14.2. The normalized spacial score (nSPS) is 23.0. The minimum atomic E-state index is 0.0856. The molecule has 5 rings (SSSR count). The van der Waals surface area contributed by atoms with Gasteiger partial charge in [0, 0.05) is 43.5 Å². The highest BCUT2D eigenvalue weighted by Crippen LogP contribution is 2.40. The summed E-state index contributed by atoms with van der Waals surface area (Å²) in [7, 11) is 0. The Morgan fingerprint density at radius 1 is 1.24 bits per heavy atom. The number of anilines is 1. The fourth-order valence-electron chi connectivity index (χ4n) is 4.58. The van der Waals surface area contributed by atoms with Crippen LogP contribution < -0.4 is 5.32 Å². The standard InChI is InChI=1S/C24H24N4O/c1-16-2-4-19-10-17(13-26-24(19)27-16)3-5-23(29)28-14-21-11-20(12-22(21)15-28)18-6-8-25-9-7-18/h3,5-11,13,21-22H,1-2,4,12,14-15H2,(H,26,27)/b5-3+/t21-,22+/m1/s1. The number of likely N-dealkylation sites (tertiary alicyclic amines) is 1. The van der Waals surface area contributed by atoms with E-state index < -0.39 is 0 Å². The fourth-order valence-corrected chi connectivity index (χ4v) is 4.58. The van der Waals surface area contributed by atoms with Gasteiger partial charge >= 0.3 is 0 Å². The van der Waals surface area contributed by atoms with Gasteiger partial charge in [0.25, 0.3) is 0 Å². The van der Waals surface area contributed by atoms with E-state index >= 15 is 0 Å². The Bertz CT molecular complexity index is 1020. The van der Waals surface area contributed by atoms with Crippen LogP contribution in [-0.2, 0) is 11.2 Å². The Labute approximate surface area is 170 Å². The zero-order chi connectivity index (χ0) is 19.8. The molecule has 1 N–H and O–H groups in total. The van der Waals surface area contributed by atoms with E-state index in [1.807, 2.05) is 23.4 Å². The van der Waals surface area contributed by atoms with Crippen LogP contribution in [0.2, 0.25) is 0 Å². The van der Waals surface area contributed by atoms with Gasteiger partial charge in [-0.3, -0.25) is 9.78 Å². The number of carbonyl (C=O) groups excluding carboxylic acids is 1. The monoisotopic (exact) mass is 384 g/mol. The van der Waals surface area contributed by atoms with E-state index in [0.29, 0.717) is 11.8 Å². The molecule has 2 atom stereocenters. The smallest absolute Gasteiger partial charge is 0.246 e. The fraction of sp³-hybridized carbons (Fsp3) is 0.292. The number of carbonyl (C=O) groups is 1. The average Bonchev–Trinajstić information content (AvgIpc) is 3.32. The summed E-state index contributed by atoms with van der Waals surface area (Å²) in [5.74, 6) is 1.96. The van der Waals surface area contributed by atoms with Crippen molar-refractivity contribution in [3.63, 3.8) is 0 Å². The molecular weight excluding hydrogens is 360 g/mol. The molecule has 5 heteroatoms. The minimum Gasteiger partial charge on any atom is -0.344 e. The predicted molar refractivity (Wildman–Crippen MR) is 115 cm³/mol. The molecule has 0 spiro atoms. The van der Waals surface area contributed by atoms with Crippen LogP contribution in [0.5, 0.6) is 0 Å². The molecule has 1 aliphatic carbocycles.